The predicted molar refractivity (Wildman–Crippen MR) is 37.7 cm³/mol. The van der Waals surface area contributed by atoms with Gasteiger partial charge in [0, 0.05) is 18.7 Å². The van der Waals surface area contributed by atoms with Crippen LogP contribution in [0.3, 0.4) is 0 Å². The Morgan fingerprint density at radius 2 is 2.11 bits per heavy atom. The summed E-state index contributed by atoms with van der Waals surface area (Å²) in [7, 11) is -1.27. The predicted octanol–water partition coefficient (Wildman–Crippen LogP) is 0.112. The van der Waals surface area contributed by atoms with E-state index in [4.69, 9.17) is 0 Å². The van der Waals surface area contributed by atoms with E-state index in [9.17, 15) is 8.42 Å². The van der Waals surface area contributed by atoms with Gasteiger partial charge in [0.15, 0.2) is 9.84 Å². The monoisotopic (exact) mass is 149 g/mol. The fourth-order valence-electron chi connectivity index (χ4n) is 0.268. The van der Waals surface area contributed by atoms with Crippen molar-refractivity contribution in [2.45, 2.75) is 6.92 Å². The standard InChI is InChI=1S/C5H11NO2S/c1-3-9(7,8)5-4-6-2/h4-6H,3H2,1-2H3/b5-4+. The second-order valence-corrected chi connectivity index (χ2v) is 3.72. The molecule has 9 heavy (non-hydrogen) atoms. The van der Waals surface area contributed by atoms with Crippen LogP contribution < -0.4 is 5.32 Å². The molecule has 1 N–H and O–H groups in total. The van der Waals surface area contributed by atoms with E-state index in [1.807, 2.05) is 0 Å². The molecule has 0 amide bonds. The highest BCUT2D eigenvalue weighted by Crippen LogP contribution is 1.88. The molecule has 0 rings (SSSR count). The smallest absolute Gasteiger partial charge is 0.172 e. The normalized spacial score (nSPS) is 12.2. The van der Waals surface area contributed by atoms with Gasteiger partial charge >= 0.3 is 0 Å². The number of nitrogens with one attached hydrogen (secondary N) is 1. The molecule has 0 aromatic rings. The first-order chi connectivity index (χ1) is 4.12. The average molecular weight is 149 g/mol. The number of rotatable bonds is 3. The zero-order chi connectivity index (χ0) is 7.33. The molecule has 0 aromatic heterocycles. The van der Waals surface area contributed by atoms with E-state index < -0.39 is 9.84 Å². The molecule has 0 heterocycles. The molecule has 0 bridgehead atoms. The molecule has 0 unspecified atom stereocenters. The van der Waals surface area contributed by atoms with Crippen molar-refractivity contribution in [2.75, 3.05) is 12.8 Å². The first-order valence-electron chi connectivity index (χ1n) is 2.69. The van der Waals surface area contributed by atoms with Crippen molar-refractivity contribution < 1.29 is 8.42 Å². The molecular weight excluding hydrogens is 138 g/mol. The fourth-order valence-corrected chi connectivity index (χ4v) is 0.804. The van der Waals surface area contributed by atoms with Crippen LogP contribution in [-0.2, 0) is 9.84 Å². The Bertz CT molecular complexity index is 181. The lowest BCUT2D eigenvalue weighted by Crippen LogP contribution is -2.00. The lowest BCUT2D eigenvalue weighted by Gasteiger charge is -1.89. The van der Waals surface area contributed by atoms with Crippen molar-refractivity contribution in [2.24, 2.45) is 0 Å². The fraction of sp³-hybridized carbons (Fsp3) is 0.600. The van der Waals surface area contributed by atoms with Crippen molar-refractivity contribution >= 4 is 9.84 Å². The topological polar surface area (TPSA) is 46.2 Å². The first-order valence-corrected chi connectivity index (χ1v) is 4.40. The van der Waals surface area contributed by atoms with E-state index in [0.29, 0.717) is 0 Å². The summed E-state index contributed by atoms with van der Waals surface area (Å²) in [4.78, 5) is 0. The van der Waals surface area contributed by atoms with Crippen molar-refractivity contribution in [1.29, 1.82) is 0 Å². The third-order valence-corrected chi connectivity index (χ3v) is 2.20. The average Bonchev–Trinajstić information content (AvgIpc) is 1.84. The van der Waals surface area contributed by atoms with Crippen molar-refractivity contribution in [3.05, 3.63) is 11.6 Å². The molecule has 0 aliphatic heterocycles. The molecule has 0 atom stereocenters. The van der Waals surface area contributed by atoms with Crippen LogP contribution >= 0.6 is 0 Å². The van der Waals surface area contributed by atoms with Gasteiger partial charge < -0.3 is 5.32 Å². The minimum absolute atomic E-state index is 0.158. The van der Waals surface area contributed by atoms with Gasteiger partial charge in [-0.05, 0) is 0 Å². The third kappa shape index (κ3) is 4.02. The van der Waals surface area contributed by atoms with Gasteiger partial charge in [-0.1, -0.05) is 6.92 Å². The van der Waals surface area contributed by atoms with E-state index in [1.54, 1.807) is 14.0 Å². The van der Waals surface area contributed by atoms with Gasteiger partial charge in [-0.25, -0.2) is 8.42 Å². The van der Waals surface area contributed by atoms with Crippen molar-refractivity contribution in [1.82, 2.24) is 5.32 Å². The van der Waals surface area contributed by atoms with Gasteiger partial charge in [0.1, 0.15) is 0 Å². The van der Waals surface area contributed by atoms with Gasteiger partial charge in [0.2, 0.25) is 0 Å². The van der Waals surface area contributed by atoms with Crippen LogP contribution in [-0.4, -0.2) is 21.2 Å². The minimum atomic E-state index is -2.92. The van der Waals surface area contributed by atoms with Gasteiger partial charge in [-0.15, -0.1) is 0 Å². The van der Waals surface area contributed by atoms with E-state index in [2.05, 4.69) is 5.32 Å². The van der Waals surface area contributed by atoms with Crippen LogP contribution in [0.2, 0.25) is 0 Å². The van der Waals surface area contributed by atoms with Crippen LogP contribution in [0.25, 0.3) is 0 Å². The highest BCUT2D eigenvalue weighted by molar-refractivity contribution is 7.94. The van der Waals surface area contributed by atoms with Crippen LogP contribution in [0.5, 0.6) is 0 Å². The third-order valence-electron chi connectivity index (χ3n) is 0.844. The van der Waals surface area contributed by atoms with Gasteiger partial charge in [-0.2, -0.15) is 0 Å². The maximum absolute atomic E-state index is 10.6. The van der Waals surface area contributed by atoms with E-state index in [0.717, 1.165) is 5.41 Å². The van der Waals surface area contributed by atoms with E-state index in [1.165, 1.54) is 6.20 Å². The zero-order valence-electron chi connectivity index (χ0n) is 5.59. The SMILES string of the molecule is CCS(=O)(=O)/C=C/NC. The summed E-state index contributed by atoms with van der Waals surface area (Å²) in [5, 5.41) is 3.76. The van der Waals surface area contributed by atoms with Gasteiger partial charge in [-0.3, -0.25) is 0 Å². The summed E-state index contributed by atoms with van der Waals surface area (Å²) in [6, 6.07) is 0. The Morgan fingerprint density at radius 3 is 2.44 bits per heavy atom. The maximum atomic E-state index is 10.6. The van der Waals surface area contributed by atoms with Gasteiger partial charge in [0.25, 0.3) is 0 Å². The van der Waals surface area contributed by atoms with Crippen LogP contribution in [0, 0.1) is 0 Å². The summed E-state index contributed by atoms with van der Waals surface area (Å²) in [5.41, 5.74) is 0. The molecule has 0 saturated carbocycles. The molecule has 54 valence electrons. The summed E-state index contributed by atoms with van der Waals surface area (Å²) in [5.74, 6) is 0.158. The summed E-state index contributed by atoms with van der Waals surface area (Å²) < 4.78 is 21.3. The number of hydrogen-bond acceptors (Lipinski definition) is 3. The molecule has 0 radical (unpaired) electrons. The molecule has 3 nitrogen and oxygen atoms in total. The highest BCUT2D eigenvalue weighted by atomic mass is 32.2. The molecule has 4 heteroatoms. The minimum Gasteiger partial charge on any atom is -0.393 e. The number of hydrogen-bond donors (Lipinski definition) is 1. The lowest BCUT2D eigenvalue weighted by atomic mass is 11.0. The molecule has 0 aliphatic rings. The van der Waals surface area contributed by atoms with Crippen LogP contribution in [0.15, 0.2) is 11.6 Å². The molecule has 0 aromatic carbocycles. The first kappa shape index (κ1) is 8.49. The van der Waals surface area contributed by atoms with E-state index >= 15 is 0 Å². The molecule has 0 spiro atoms. The lowest BCUT2D eigenvalue weighted by molar-refractivity contribution is 0.605. The summed E-state index contributed by atoms with van der Waals surface area (Å²) >= 11 is 0. The summed E-state index contributed by atoms with van der Waals surface area (Å²) in [6.07, 6.45) is 1.40. The second kappa shape index (κ2) is 3.50. The maximum Gasteiger partial charge on any atom is 0.172 e. The Labute approximate surface area is 55.7 Å². The van der Waals surface area contributed by atoms with E-state index in [-0.39, 0.29) is 5.75 Å². The Balaban J connectivity index is 4.04. The highest BCUT2D eigenvalue weighted by Gasteiger charge is 1.97. The molecule has 0 saturated heterocycles. The Morgan fingerprint density at radius 1 is 1.56 bits per heavy atom. The Hall–Kier alpha value is -0.510. The largest absolute Gasteiger partial charge is 0.393 e. The van der Waals surface area contributed by atoms with Crippen LogP contribution in [0.1, 0.15) is 6.92 Å². The molecule has 0 fully saturated rings. The summed E-state index contributed by atoms with van der Waals surface area (Å²) in [6.45, 7) is 1.61. The molecule has 0 aliphatic carbocycles. The van der Waals surface area contributed by atoms with Crippen LogP contribution in [0.4, 0.5) is 0 Å². The van der Waals surface area contributed by atoms with Crippen molar-refractivity contribution in [3.63, 3.8) is 0 Å². The second-order valence-electron chi connectivity index (χ2n) is 1.54. The van der Waals surface area contributed by atoms with Gasteiger partial charge in [0.05, 0.1) is 5.75 Å². The molecular formula is C5H11NO2S. The number of sulfone groups is 1. The quantitative estimate of drug-likeness (QED) is 0.619. The zero-order valence-corrected chi connectivity index (χ0v) is 6.40. The van der Waals surface area contributed by atoms with Crippen molar-refractivity contribution in [3.8, 4) is 0 Å². The Kier molecular flexibility index (Phi) is 3.30.